The number of aromatic amines is 2. The standard InChI is InChI=1S/C70H100N16O11/c1-40(2)29-52(62(89)81-54(34-45-21-13-10-14-22-45)64(91)80-53(30-41(3)4)63(90)85-58(69(96)97)32-43(7)8)79-61(88)51(25-17-27-75-70(72)73)78-66(93)56(36-47-38-74-39-77-47)82-65(92)55(35-46-37-76-50-24-16-15-23-48(46)50)83-67(94)59-26-18-28-86(59)68(95)57(31-42(5)6)84-60(87)49(71)33-44-19-11-9-12-20-44/h9-16,19-24,37-43,49,51-59,76H,17-18,25-36,71H2,1-8H3,(H,74,77)(H,78,93)(H,79,88)(H,80,91)(H,81,89)(H,82,92)(H,83,94)(H,84,87)(H,85,90)(H,96,97)(H4,72,73,75)/t49-,51-,52-,53-,54-,55-,56-,57-,58-,59-/m0/s1. The number of H-pyrrole nitrogens is 2. The lowest BCUT2D eigenvalue weighted by Gasteiger charge is -2.31. The Morgan fingerprint density at radius 2 is 1.01 bits per heavy atom. The first kappa shape index (κ1) is 76.4. The molecule has 1 fully saturated rings. The number of hydrogen-bond donors (Lipinski definition) is 14. The number of nitrogens with two attached hydrogens (primary N) is 3. The van der Waals surface area contributed by atoms with Crippen molar-refractivity contribution < 1.29 is 53.1 Å². The number of fused-ring (bicyclic) bond motifs is 1. The van der Waals surface area contributed by atoms with Gasteiger partial charge in [-0.1, -0.05) is 134 Å². The van der Waals surface area contributed by atoms with E-state index in [0.29, 0.717) is 23.2 Å². The Balaban J connectivity index is 1.27. The lowest BCUT2D eigenvalue weighted by atomic mass is 9.98. The smallest absolute Gasteiger partial charge is 0.326 e. The molecule has 2 aromatic heterocycles. The molecule has 0 saturated carbocycles. The van der Waals surface area contributed by atoms with Crippen molar-refractivity contribution in [1.82, 2.24) is 62.4 Å². The predicted octanol–water partition coefficient (Wildman–Crippen LogP) is 2.68. The van der Waals surface area contributed by atoms with Crippen LogP contribution < -0.4 is 59.7 Å². The van der Waals surface area contributed by atoms with Crippen LogP contribution in [0.1, 0.15) is 129 Å². The average molecular weight is 1340 g/mol. The molecule has 0 spiro atoms. The van der Waals surface area contributed by atoms with E-state index in [9.17, 15) is 43.5 Å². The third kappa shape index (κ3) is 24.5. The normalized spacial score (nSPS) is 15.8. The van der Waals surface area contributed by atoms with Gasteiger partial charge in [-0.3, -0.25) is 48.1 Å². The third-order valence-electron chi connectivity index (χ3n) is 16.6. The Bertz CT molecular complexity index is 3450. The lowest BCUT2D eigenvalue weighted by molar-refractivity contribution is -0.143. The number of aliphatic carboxylic acids is 1. The largest absolute Gasteiger partial charge is 0.480 e. The number of imidazole rings is 1. The molecule has 0 aliphatic carbocycles. The number of likely N-dealkylation sites (tertiary alicyclic amines) is 1. The molecule has 6 rings (SSSR count). The third-order valence-corrected chi connectivity index (χ3v) is 16.6. The minimum Gasteiger partial charge on any atom is -0.480 e. The van der Waals surface area contributed by atoms with Crippen molar-refractivity contribution in [2.75, 3.05) is 13.1 Å². The molecule has 3 aromatic carbocycles. The van der Waals surface area contributed by atoms with Crippen molar-refractivity contribution in [3.05, 3.63) is 126 Å². The van der Waals surface area contributed by atoms with Crippen molar-refractivity contribution in [1.29, 1.82) is 0 Å². The highest BCUT2D eigenvalue weighted by molar-refractivity contribution is 5.99. The van der Waals surface area contributed by atoms with E-state index in [1.54, 1.807) is 36.5 Å². The van der Waals surface area contributed by atoms with Crippen molar-refractivity contribution >= 4 is 76.0 Å². The fourth-order valence-electron chi connectivity index (χ4n) is 11.8. The summed E-state index contributed by atoms with van der Waals surface area (Å²) >= 11 is 0. The van der Waals surface area contributed by atoms with Gasteiger partial charge in [-0.05, 0) is 104 Å². The number of carbonyl (C=O) groups is 10. The molecule has 3 heterocycles. The number of nitrogens with zero attached hydrogens (tertiary/aromatic N) is 3. The summed E-state index contributed by atoms with van der Waals surface area (Å²) in [5.74, 6) is -8.27. The van der Waals surface area contributed by atoms with E-state index in [-0.39, 0.29) is 113 Å². The Hall–Kier alpha value is -9.66. The Kier molecular flexibility index (Phi) is 29.6. The molecule has 27 heteroatoms. The molecule has 5 aromatic rings. The van der Waals surface area contributed by atoms with Gasteiger partial charge in [0.05, 0.1) is 12.4 Å². The van der Waals surface area contributed by atoms with E-state index >= 15 is 9.59 Å². The molecule has 1 aliphatic rings. The molecular formula is C70H100N16O11. The monoisotopic (exact) mass is 1340 g/mol. The number of benzene rings is 3. The second-order valence-corrected chi connectivity index (χ2v) is 26.8. The Morgan fingerprint density at radius 1 is 0.546 bits per heavy atom. The zero-order valence-corrected chi connectivity index (χ0v) is 56.9. The van der Waals surface area contributed by atoms with Crippen molar-refractivity contribution in [2.45, 2.75) is 193 Å². The molecule has 17 N–H and O–H groups in total. The average Bonchev–Trinajstić information content (AvgIpc) is 1.74. The maximum atomic E-state index is 15.2. The van der Waals surface area contributed by atoms with Crippen LogP contribution in [0, 0.1) is 23.7 Å². The van der Waals surface area contributed by atoms with E-state index in [1.165, 1.54) is 17.4 Å². The number of carbonyl (C=O) groups excluding carboxylic acids is 9. The zero-order chi connectivity index (χ0) is 70.9. The van der Waals surface area contributed by atoms with Crippen LogP contribution in [0.2, 0.25) is 0 Å². The van der Waals surface area contributed by atoms with Crippen molar-refractivity contribution in [3.8, 4) is 0 Å². The molecule has 9 amide bonds. The van der Waals surface area contributed by atoms with Crippen LogP contribution in [0.15, 0.2) is 109 Å². The SMILES string of the molecule is CC(C)C[C@H](NC(=O)[C@H](CC(C)C)NC(=O)[C@H](Cc1ccccc1)NC(=O)[C@H](CC(C)C)NC(=O)[C@H](CCCN=C(N)N)NC(=O)[C@H](Cc1cnc[nH]1)NC(=O)[C@H](Cc1c[nH]c2ccccc12)NC(=O)[C@@H]1CCCN1C(=O)[C@H](CC(C)C)NC(=O)[C@@H](N)Cc1ccccc1)C(=O)O. The number of para-hydroxylation sites is 1. The summed E-state index contributed by atoms with van der Waals surface area (Å²) in [5.41, 5.74) is 21.0. The zero-order valence-electron chi connectivity index (χ0n) is 56.9. The fraction of sp³-hybridized carbons (Fsp3) is 0.514. The van der Waals surface area contributed by atoms with Crippen LogP contribution in [-0.4, -0.2) is 164 Å². The number of rotatable bonds is 38. The number of guanidine groups is 1. The van der Waals surface area contributed by atoms with Crippen LogP contribution >= 0.6 is 0 Å². The molecule has 97 heavy (non-hydrogen) atoms. The van der Waals surface area contributed by atoms with E-state index in [2.05, 4.69) is 62.5 Å². The minimum absolute atomic E-state index is 0.0299. The van der Waals surface area contributed by atoms with Gasteiger partial charge in [0.25, 0.3) is 0 Å². The number of nitrogens with one attached hydrogen (secondary N) is 10. The Labute approximate surface area is 567 Å². The van der Waals surface area contributed by atoms with Gasteiger partial charge in [0, 0.05) is 61.3 Å². The number of aliphatic imine (C=N–C) groups is 1. The van der Waals surface area contributed by atoms with Gasteiger partial charge in [-0.15, -0.1) is 0 Å². The van der Waals surface area contributed by atoms with E-state index in [4.69, 9.17) is 17.2 Å². The first-order chi connectivity index (χ1) is 46.1. The van der Waals surface area contributed by atoms with Gasteiger partial charge in [0.15, 0.2) is 5.96 Å². The second-order valence-electron chi connectivity index (χ2n) is 26.8. The van der Waals surface area contributed by atoms with E-state index in [0.717, 1.165) is 16.5 Å². The summed E-state index contributed by atoms with van der Waals surface area (Å²) in [6, 6.07) is 13.1. The van der Waals surface area contributed by atoms with Gasteiger partial charge in [-0.25, -0.2) is 9.78 Å². The van der Waals surface area contributed by atoms with Crippen LogP contribution in [0.3, 0.4) is 0 Å². The quantitative estimate of drug-likeness (QED) is 0.0153. The molecule has 1 saturated heterocycles. The highest BCUT2D eigenvalue weighted by Gasteiger charge is 2.41. The molecular weight excluding hydrogens is 1240 g/mol. The highest BCUT2D eigenvalue weighted by Crippen LogP contribution is 2.24. The molecule has 10 atom stereocenters. The molecule has 526 valence electrons. The number of carboxylic acid groups (broad SMARTS) is 1. The van der Waals surface area contributed by atoms with E-state index in [1.807, 2.05) is 110 Å². The Morgan fingerprint density at radius 3 is 1.56 bits per heavy atom. The van der Waals surface area contributed by atoms with Crippen LogP contribution in [-0.2, 0) is 73.6 Å². The van der Waals surface area contributed by atoms with Gasteiger partial charge < -0.3 is 79.7 Å². The molecule has 0 bridgehead atoms. The summed E-state index contributed by atoms with van der Waals surface area (Å²) in [7, 11) is 0. The first-order valence-electron chi connectivity index (χ1n) is 33.5. The first-order valence-corrected chi connectivity index (χ1v) is 33.5. The highest BCUT2D eigenvalue weighted by atomic mass is 16.4. The topological polar surface area (TPSA) is 425 Å². The number of hydrogen-bond acceptors (Lipinski definition) is 13. The summed E-state index contributed by atoms with van der Waals surface area (Å²) < 4.78 is 0. The lowest BCUT2D eigenvalue weighted by Crippen LogP contribution is -2.61. The number of aromatic nitrogens is 3. The van der Waals surface area contributed by atoms with Gasteiger partial charge in [-0.2, -0.15) is 0 Å². The maximum Gasteiger partial charge on any atom is 0.326 e. The van der Waals surface area contributed by atoms with Gasteiger partial charge in [0.2, 0.25) is 53.2 Å². The summed E-state index contributed by atoms with van der Waals surface area (Å²) in [5, 5.41) is 33.1. The van der Waals surface area contributed by atoms with Gasteiger partial charge in [0.1, 0.15) is 54.4 Å². The summed E-state index contributed by atoms with van der Waals surface area (Å²) in [4.78, 5) is 159. The molecule has 0 radical (unpaired) electrons. The number of carboxylic acids is 1. The van der Waals surface area contributed by atoms with Crippen LogP contribution in [0.4, 0.5) is 0 Å². The fourth-order valence-corrected chi connectivity index (χ4v) is 11.8. The van der Waals surface area contributed by atoms with E-state index < -0.39 is 120 Å². The van der Waals surface area contributed by atoms with Crippen molar-refractivity contribution in [3.63, 3.8) is 0 Å². The predicted molar refractivity (Wildman–Crippen MR) is 368 cm³/mol. The molecule has 0 unspecified atom stereocenters. The van der Waals surface area contributed by atoms with Crippen molar-refractivity contribution in [2.24, 2.45) is 45.9 Å². The summed E-state index contributed by atoms with van der Waals surface area (Å²) in [6.07, 6.45) is 5.76. The maximum absolute atomic E-state index is 15.2. The van der Waals surface area contributed by atoms with Crippen LogP contribution in [0.5, 0.6) is 0 Å². The molecule has 1 aliphatic heterocycles. The second kappa shape index (κ2) is 37.6. The van der Waals surface area contributed by atoms with Crippen LogP contribution in [0.25, 0.3) is 10.9 Å². The molecule has 27 nitrogen and oxygen atoms in total. The number of amides is 9. The van der Waals surface area contributed by atoms with Gasteiger partial charge >= 0.3 is 5.97 Å². The minimum atomic E-state index is -1.46. The summed E-state index contributed by atoms with van der Waals surface area (Å²) in [6.45, 7) is 15.0.